The van der Waals surface area contributed by atoms with Crippen LogP contribution in [-0.2, 0) is 7.05 Å². The van der Waals surface area contributed by atoms with Crippen molar-refractivity contribution in [3.8, 4) is 23.1 Å². The number of pyridine rings is 2. The first-order chi connectivity index (χ1) is 14.1. The van der Waals surface area contributed by atoms with Crippen LogP contribution in [0.5, 0.6) is 5.88 Å². The van der Waals surface area contributed by atoms with E-state index in [1.807, 2.05) is 43.8 Å². The third-order valence-electron chi connectivity index (χ3n) is 4.98. The first kappa shape index (κ1) is 18.9. The third kappa shape index (κ3) is 4.36. The molecule has 3 aromatic rings. The largest absolute Gasteiger partial charge is 0.470 e. The minimum atomic E-state index is 0.00512. The lowest BCUT2D eigenvalue weighted by atomic mass is 10.0. The summed E-state index contributed by atoms with van der Waals surface area (Å²) < 4.78 is 7.81. The zero-order chi connectivity index (χ0) is 20.2. The normalized spacial score (nSPS) is 16.2. The predicted molar refractivity (Wildman–Crippen MR) is 110 cm³/mol. The number of ether oxygens (including phenoxy) is 1. The molecule has 0 saturated carbocycles. The van der Waals surface area contributed by atoms with Gasteiger partial charge in [0.1, 0.15) is 17.9 Å². The van der Waals surface area contributed by atoms with E-state index in [1.165, 1.54) is 0 Å². The molecular formula is C21H23N7O. The van der Waals surface area contributed by atoms with Gasteiger partial charge in [0.25, 0.3) is 0 Å². The van der Waals surface area contributed by atoms with Crippen molar-refractivity contribution in [1.82, 2.24) is 25.1 Å². The number of anilines is 1. The lowest BCUT2D eigenvalue weighted by Gasteiger charge is -2.27. The Kier molecular flexibility index (Phi) is 5.40. The maximum Gasteiger partial charge on any atom is 0.237 e. The maximum atomic E-state index is 8.84. The van der Waals surface area contributed by atoms with Gasteiger partial charge < -0.3 is 15.4 Å². The molecule has 2 atom stereocenters. The van der Waals surface area contributed by atoms with Gasteiger partial charge in [-0.3, -0.25) is 4.68 Å². The number of nitriles is 1. The molecule has 8 nitrogen and oxygen atoms in total. The molecule has 1 aliphatic heterocycles. The van der Waals surface area contributed by atoms with Crippen molar-refractivity contribution in [2.75, 3.05) is 25.0 Å². The van der Waals surface area contributed by atoms with E-state index in [-0.39, 0.29) is 6.10 Å². The summed E-state index contributed by atoms with van der Waals surface area (Å²) in [6.45, 7) is 4.36. The topological polar surface area (TPSA) is 101 Å². The molecule has 0 saturated heterocycles. The number of hydrogen-bond acceptors (Lipinski definition) is 7. The molecule has 148 valence electrons. The standard InChI is InChI=1S/C21H23N7O/c1-14(15-3-4-18(6-22)24-8-15)7-23-11-19-12-25-20-5-16(9-26-21(20)29-19)17-10-27-28(2)13-17/h3-5,8-10,13-14,19,23,25H,7,11-12H2,1-2H3. The fraction of sp³-hybridized carbons (Fsp3) is 0.333. The number of aromatic nitrogens is 4. The highest BCUT2D eigenvalue weighted by molar-refractivity contribution is 5.69. The average Bonchev–Trinajstić information content (AvgIpc) is 3.19. The number of hydrogen-bond donors (Lipinski definition) is 2. The number of aryl methyl sites for hydroxylation is 1. The molecule has 0 aromatic carbocycles. The van der Waals surface area contributed by atoms with E-state index in [0.29, 0.717) is 30.6 Å². The van der Waals surface area contributed by atoms with Crippen LogP contribution in [0.25, 0.3) is 11.1 Å². The van der Waals surface area contributed by atoms with Crippen LogP contribution in [0.15, 0.2) is 43.0 Å². The molecule has 0 bridgehead atoms. The van der Waals surface area contributed by atoms with Crippen molar-refractivity contribution in [2.45, 2.75) is 18.9 Å². The van der Waals surface area contributed by atoms with E-state index in [0.717, 1.165) is 28.9 Å². The van der Waals surface area contributed by atoms with Crippen molar-refractivity contribution in [2.24, 2.45) is 7.05 Å². The number of nitrogens with one attached hydrogen (secondary N) is 2. The number of nitrogens with zero attached hydrogens (tertiary/aromatic N) is 5. The SMILES string of the molecule is CC(CNCC1CNc2cc(-c3cnn(C)c3)cnc2O1)c1ccc(C#N)nc1. The van der Waals surface area contributed by atoms with E-state index < -0.39 is 0 Å². The Morgan fingerprint density at radius 1 is 1.31 bits per heavy atom. The Labute approximate surface area is 169 Å². The highest BCUT2D eigenvalue weighted by Crippen LogP contribution is 2.31. The van der Waals surface area contributed by atoms with Crippen molar-refractivity contribution >= 4 is 5.69 Å². The van der Waals surface area contributed by atoms with Crippen molar-refractivity contribution in [1.29, 1.82) is 5.26 Å². The highest BCUT2D eigenvalue weighted by Gasteiger charge is 2.21. The van der Waals surface area contributed by atoms with Crippen LogP contribution in [-0.4, -0.2) is 45.5 Å². The van der Waals surface area contributed by atoms with Crippen molar-refractivity contribution in [3.63, 3.8) is 0 Å². The Bertz CT molecular complexity index is 1020. The van der Waals surface area contributed by atoms with Gasteiger partial charge in [-0.25, -0.2) is 9.97 Å². The molecule has 3 aromatic heterocycles. The summed E-state index contributed by atoms with van der Waals surface area (Å²) in [5.74, 6) is 0.916. The van der Waals surface area contributed by atoms with Crippen LogP contribution < -0.4 is 15.4 Å². The highest BCUT2D eigenvalue weighted by atomic mass is 16.5. The van der Waals surface area contributed by atoms with Gasteiger partial charge in [0.15, 0.2) is 0 Å². The molecule has 1 aliphatic rings. The van der Waals surface area contributed by atoms with Crippen LogP contribution in [0.4, 0.5) is 5.69 Å². The maximum absolute atomic E-state index is 8.84. The zero-order valence-electron chi connectivity index (χ0n) is 16.5. The molecule has 4 rings (SSSR count). The zero-order valence-corrected chi connectivity index (χ0v) is 16.5. The molecule has 2 N–H and O–H groups in total. The van der Waals surface area contributed by atoms with Gasteiger partial charge in [-0.15, -0.1) is 0 Å². The van der Waals surface area contributed by atoms with Crippen LogP contribution in [0, 0.1) is 11.3 Å². The van der Waals surface area contributed by atoms with Crippen LogP contribution in [0.3, 0.4) is 0 Å². The first-order valence-electron chi connectivity index (χ1n) is 9.58. The monoisotopic (exact) mass is 389 g/mol. The van der Waals surface area contributed by atoms with Gasteiger partial charge in [-0.1, -0.05) is 13.0 Å². The van der Waals surface area contributed by atoms with Gasteiger partial charge >= 0.3 is 0 Å². The second-order valence-corrected chi connectivity index (χ2v) is 7.25. The lowest BCUT2D eigenvalue weighted by Crippen LogP contribution is -2.40. The molecule has 0 radical (unpaired) electrons. The second-order valence-electron chi connectivity index (χ2n) is 7.25. The minimum Gasteiger partial charge on any atom is -0.470 e. The predicted octanol–water partition coefficient (Wildman–Crippen LogP) is 2.31. The molecule has 0 aliphatic carbocycles. The van der Waals surface area contributed by atoms with E-state index in [9.17, 15) is 0 Å². The summed E-state index contributed by atoms with van der Waals surface area (Å²) in [5, 5.41) is 19.9. The average molecular weight is 389 g/mol. The minimum absolute atomic E-state index is 0.00512. The second kappa shape index (κ2) is 8.29. The summed E-state index contributed by atoms with van der Waals surface area (Å²) in [5.41, 5.74) is 4.48. The van der Waals surface area contributed by atoms with Crippen LogP contribution >= 0.6 is 0 Å². The molecule has 0 spiro atoms. The van der Waals surface area contributed by atoms with E-state index >= 15 is 0 Å². The fourth-order valence-electron chi connectivity index (χ4n) is 3.28. The smallest absolute Gasteiger partial charge is 0.237 e. The summed E-state index contributed by atoms with van der Waals surface area (Å²) in [6, 6.07) is 7.79. The van der Waals surface area contributed by atoms with Gasteiger partial charge in [0.2, 0.25) is 5.88 Å². The Balaban J connectivity index is 1.30. The molecule has 0 fully saturated rings. The molecule has 8 heteroatoms. The van der Waals surface area contributed by atoms with Crippen LogP contribution in [0.2, 0.25) is 0 Å². The summed E-state index contributed by atoms with van der Waals surface area (Å²) >= 11 is 0. The Morgan fingerprint density at radius 3 is 2.93 bits per heavy atom. The van der Waals surface area contributed by atoms with Gasteiger partial charge in [-0.2, -0.15) is 10.4 Å². The van der Waals surface area contributed by atoms with E-state index in [1.54, 1.807) is 16.9 Å². The first-order valence-corrected chi connectivity index (χ1v) is 9.58. The summed E-state index contributed by atoms with van der Waals surface area (Å²) in [6.07, 6.45) is 7.37. The van der Waals surface area contributed by atoms with Gasteiger partial charge in [0, 0.05) is 49.9 Å². The molecule has 2 unspecified atom stereocenters. The van der Waals surface area contributed by atoms with E-state index in [4.69, 9.17) is 10.00 Å². The number of fused-ring (bicyclic) bond motifs is 1. The molecule has 0 amide bonds. The Hall–Kier alpha value is -3.44. The van der Waals surface area contributed by atoms with Gasteiger partial charge in [-0.05, 0) is 23.6 Å². The quantitative estimate of drug-likeness (QED) is 0.667. The fourth-order valence-corrected chi connectivity index (χ4v) is 3.28. The molecular weight excluding hydrogens is 366 g/mol. The molecule has 4 heterocycles. The molecule has 29 heavy (non-hydrogen) atoms. The van der Waals surface area contributed by atoms with Crippen molar-refractivity contribution in [3.05, 3.63) is 54.2 Å². The van der Waals surface area contributed by atoms with Gasteiger partial charge in [0.05, 0.1) is 18.4 Å². The van der Waals surface area contributed by atoms with Crippen molar-refractivity contribution < 1.29 is 4.74 Å². The third-order valence-corrected chi connectivity index (χ3v) is 4.98. The van der Waals surface area contributed by atoms with Crippen LogP contribution in [0.1, 0.15) is 24.1 Å². The number of rotatable bonds is 6. The lowest BCUT2D eigenvalue weighted by molar-refractivity contribution is 0.193. The van der Waals surface area contributed by atoms with E-state index in [2.05, 4.69) is 32.6 Å². The summed E-state index contributed by atoms with van der Waals surface area (Å²) in [4.78, 5) is 8.61. The Morgan fingerprint density at radius 2 is 2.21 bits per heavy atom. The summed E-state index contributed by atoms with van der Waals surface area (Å²) in [7, 11) is 1.90.